The van der Waals surface area contributed by atoms with Crippen LogP contribution in [-0.4, -0.2) is 5.91 Å². The van der Waals surface area contributed by atoms with Crippen molar-refractivity contribution in [3.8, 4) is 0 Å². The van der Waals surface area contributed by atoms with E-state index >= 15 is 0 Å². The van der Waals surface area contributed by atoms with Gasteiger partial charge in [-0.1, -0.05) is 54.1 Å². The molecule has 0 aliphatic carbocycles. The molecule has 1 amide bonds. The largest absolute Gasteiger partial charge is 0.399 e. The fourth-order valence-corrected chi connectivity index (χ4v) is 4.06. The summed E-state index contributed by atoms with van der Waals surface area (Å²) in [5, 5.41) is 2.01. The quantitative estimate of drug-likeness (QED) is 0.758. The highest BCUT2D eigenvalue weighted by molar-refractivity contribution is 7.10. The smallest absolute Gasteiger partial charge is 0.261 e. The zero-order valence-electron chi connectivity index (χ0n) is 13.8. The SMILES string of the molecule is Cc1ccc(N2C(=O)C(c3ccccc3)=C(N)C2c2cccs2)cc1. The highest BCUT2D eigenvalue weighted by Crippen LogP contribution is 2.43. The Balaban J connectivity index is 1.87. The van der Waals surface area contributed by atoms with Gasteiger partial charge in [-0.05, 0) is 36.1 Å². The molecular weight excluding hydrogens is 328 g/mol. The lowest BCUT2D eigenvalue weighted by Crippen LogP contribution is -2.30. The van der Waals surface area contributed by atoms with Gasteiger partial charge in [0.1, 0.15) is 6.04 Å². The number of nitrogens with two attached hydrogens (primary N) is 1. The number of hydrogen-bond donors (Lipinski definition) is 1. The van der Waals surface area contributed by atoms with Gasteiger partial charge in [0.05, 0.1) is 11.3 Å². The zero-order chi connectivity index (χ0) is 17.4. The lowest BCUT2D eigenvalue weighted by atomic mass is 10.0. The average molecular weight is 346 g/mol. The predicted molar refractivity (Wildman–Crippen MR) is 103 cm³/mol. The van der Waals surface area contributed by atoms with Gasteiger partial charge in [-0.3, -0.25) is 9.69 Å². The first-order valence-electron chi connectivity index (χ1n) is 8.15. The first kappa shape index (κ1) is 15.7. The maximum Gasteiger partial charge on any atom is 0.261 e. The number of thiophene rings is 1. The molecule has 2 heterocycles. The van der Waals surface area contributed by atoms with Crippen LogP contribution < -0.4 is 10.6 Å². The topological polar surface area (TPSA) is 46.3 Å². The van der Waals surface area contributed by atoms with Gasteiger partial charge in [0.15, 0.2) is 0 Å². The van der Waals surface area contributed by atoms with Gasteiger partial charge in [0.2, 0.25) is 0 Å². The van der Waals surface area contributed by atoms with Gasteiger partial charge in [-0.25, -0.2) is 0 Å². The van der Waals surface area contributed by atoms with E-state index in [1.165, 1.54) is 0 Å². The van der Waals surface area contributed by atoms with E-state index < -0.39 is 0 Å². The first-order chi connectivity index (χ1) is 12.2. The summed E-state index contributed by atoms with van der Waals surface area (Å²) >= 11 is 1.62. The minimum absolute atomic E-state index is 0.0500. The number of amides is 1. The number of benzene rings is 2. The highest BCUT2D eigenvalue weighted by atomic mass is 32.1. The van der Waals surface area contributed by atoms with Crippen molar-refractivity contribution in [2.24, 2.45) is 5.73 Å². The van der Waals surface area contributed by atoms with Gasteiger partial charge in [-0.15, -0.1) is 11.3 Å². The summed E-state index contributed by atoms with van der Waals surface area (Å²) in [6.07, 6.45) is 0. The first-order valence-corrected chi connectivity index (χ1v) is 9.03. The standard InChI is InChI=1S/C21H18N2OS/c1-14-9-11-16(12-10-14)23-20(17-8-5-13-25-17)19(22)18(21(23)24)15-6-3-2-4-7-15/h2-13,20H,22H2,1H3. The van der Waals surface area contributed by atoms with Crippen molar-refractivity contribution in [2.75, 3.05) is 4.90 Å². The van der Waals surface area contributed by atoms with Gasteiger partial charge >= 0.3 is 0 Å². The molecule has 0 saturated heterocycles. The third-order valence-electron chi connectivity index (χ3n) is 4.46. The number of rotatable bonds is 3. The Kier molecular flexibility index (Phi) is 3.90. The molecule has 2 N–H and O–H groups in total. The van der Waals surface area contributed by atoms with Crippen molar-refractivity contribution in [2.45, 2.75) is 13.0 Å². The van der Waals surface area contributed by atoms with Crippen molar-refractivity contribution >= 4 is 28.5 Å². The Morgan fingerprint density at radius 1 is 0.960 bits per heavy atom. The fraction of sp³-hybridized carbons (Fsp3) is 0.0952. The molecule has 0 bridgehead atoms. The summed E-state index contributed by atoms with van der Waals surface area (Å²) in [5.41, 5.74) is 10.6. The molecule has 3 aromatic rings. The number of aryl methyl sites for hydroxylation is 1. The van der Waals surface area contributed by atoms with E-state index in [-0.39, 0.29) is 11.9 Å². The Hall–Kier alpha value is -2.85. The van der Waals surface area contributed by atoms with E-state index in [0.717, 1.165) is 21.7 Å². The maximum absolute atomic E-state index is 13.3. The molecule has 2 aromatic carbocycles. The van der Waals surface area contributed by atoms with Crippen LogP contribution in [0.15, 0.2) is 77.8 Å². The lowest BCUT2D eigenvalue weighted by Gasteiger charge is -2.25. The summed E-state index contributed by atoms with van der Waals surface area (Å²) in [5.74, 6) is -0.0500. The van der Waals surface area contributed by atoms with Crippen LogP contribution >= 0.6 is 11.3 Å². The van der Waals surface area contributed by atoms with Crippen LogP contribution in [0, 0.1) is 6.92 Å². The van der Waals surface area contributed by atoms with Crippen LogP contribution in [0.4, 0.5) is 5.69 Å². The molecule has 0 saturated carbocycles. The molecule has 4 heteroatoms. The van der Waals surface area contributed by atoms with Gasteiger partial charge in [0, 0.05) is 10.6 Å². The van der Waals surface area contributed by atoms with E-state index in [1.54, 1.807) is 11.3 Å². The van der Waals surface area contributed by atoms with Crippen LogP contribution in [0.5, 0.6) is 0 Å². The summed E-state index contributed by atoms with van der Waals surface area (Å²) in [6.45, 7) is 2.04. The monoisotopic (exact) mass is 346 g/mol. The van der Waals surface area contributed by atoms with Crippen LogP contribution in [-0.2, 0) is 4.79 Å². The Bertz CT molecular complexity index is 928. The molecule has 1 unspecified atom stereocenters. The van der Waals surface area contributed by atoms with E-state index in [9.17, 15) is 4.79 Å². The minimum atomic E-state index is -0.259. The van der Waals surface area contributed by atoms with E-state index in [0.29, 0.717) is 11.3 Å². The van der Waals surface area contributed by atoms with Crippen molar-refractivity contribution in [1.82, 2.24) is 0 Å². The van der Waals surface area contributed by atoms with Crippen molar-refractivity contribution < 1.29 is 4.79 Å². The van der Waals surface area contributed by atoms with Gasteiger partial charge in [-0.2, -0.15) is 0 Å². The third kappa shape index (κ3) is 2.65. The molecule has 1 aliphatic rings. The van der Waals surface area contributed by atoms with E-state index in [4.69, 9.17) is 5.73 Å². The third-order valence-corrected chi connectivity index (χ3v) is 5.39. The van der Waals surface area contributed by atoms with Gasteiger partial charge < -0.3 is 5.73 Å². The lowest BCUT2D eigenvalue weighted by molar-refractivity contribution is -0.113. The second-order valence-corrected chi connectivity index (χ2v) is 7.10. The Morgan fingerprint density at radius 2 is 1.68 bits per heavy atom. The summed E-state index contributed by atoms with van der Waals surface area (Å²) < 4.78 is 0. The Labute approximate surface area is 151 Å². The molecule has 3 nitrogen and oxygen atoms in total. The molecular formula is C21H18N2OS. The van der Waals surface area contributed by atoms with Gasteiger partial charge in [0.25, 0.3) is 5.91 Å². The summed E-state index contributed by atoms with van der Waals surface area (Å²) in [6, 6.07) is 21.4. The summed E-state index contributed by atoms with van der Waals surface area (Å²) in [7, 11) is 0. The van der Waals surface area contributed by atoms with Crippen LogP contribution in [0.2, 0.25) is 0 Å². The second kappa shape index (κ2) is 6.22. The number of carbonyl (C=O) groups excluding carboxylic acids is 1. The highest BCUT2D eigenvalue weighted by Gasteiger charge is 2.40. The summed E-state index contributed by atoms with van der Waals surface area (Å²) in [4.78, 5) is 16.2. The van der Waals surface area contributed by atoms with E-state index in [1.807, 2.05) is 83.9 Å². The molecule has 0 fully saturated rings. The molecule has 124 valence electrons. The number of carbonyl (C=O) groups is 1. The van der Waals surface area contributed by atoms with Crippen LogP contribution in [0.25, 0.3) is 5.57 Å². The fourth-order valence-electron chi connectivity index (χ4n) is 3.23. The molecule has 1 aromatic heterocycles. The average Bonchev–Trinajstić information content (AvgIpc) is 3.23. The van der Waals surface area contributed by atoms with Crippen LogP contribution in [0.1, 0.15) is 22.0 Å². The molecule has 1 atom stereocenters. The number of nitrogens with zero attached hydrogens (tertiary/aromatic N) is 1. The van der Waals surface area contributed by atoms with Crippen molar-refractivity contribution in [1.29, 1.82) is 0 Å². The molecule has 25 heavy (non-hydrogen) atoms. The number of hydrogen-bond acceptors (Lipinski definition) is 3. The zero-order valence-corrected chi connectivity index (χ0v) is 14.7. The van der Waals surface area contributed by atoms with Crippen molar-refractivity contribution in [3.05, 3.63) is 93.8 Å². The van der Waals surface area contributed by atoms with Crippen LogP contribution in [0.3, 0.4) is 0 Å². The van der Waals surface area contributed by atoms with E-state index in [2.05, 4.69) is 0 Å². The van der Waals surface area contributed by atoms with Crippen molar-refractivity contribution in [3.63, 3.8) is 0 Å². The molecule has 1 aliphatic heterocycles. The second-order valence-electron chi connectivity index (χ2n) is 6.13. The minimum Gasteiger partial charge on any atom is -0.399 e. The number of anilines is 1. The predicted octanol–water partition coefficient (Wildman–Crippen LogP) is 4.51. The molecule has 4 rings (SSSR count). The Morgan fingerprint density at radius 3 is 2.32 bits per heavy atom. The maximum atomic E-state index is 13.3. The molecule has 0 spiro atoms. The molecule has 0 radical (unpaired) electrons. The normalized spacial score (nSPS) is 17.4.